The summed E-state index contributed by atoms with van der Waals surface area (Å²) in [5.41, 5.74) is 0.755. The Labute approximate surface area is 128 Å². The molecule has 2 aromatic rings. The van der Waals surface area contributed by atoms with Gasteiger partial charge in [0.05, 0.1) is 12.2 Å². The number of rotatable bonds is 4. The van der Waals surface area contributed by atoms with Crippen LogP contribution in [0.2, 0.25) is 0 Å². The molecular formula is C14H12BrF2NO3. The monoisotopic (exact) mass is 359 g/mol. The predicted octanol–water partition coefficient (Wildman–Crippen LogP) is 4.53. The smallest absolute Gasteiger partial charge is 0.376 e. The number of ether oxygens (including phenoxy) is 1. The molecule has 1 heterocycles. The van der Waals surface area contributed by atoms with Crippen LogP contribution in [0.3, 0.4) is 0 Å². The number of aryl methyl sites for hydroxylation is 1. The minimum absolute atomic E-state index is 0.0553. The minimum atomic E-state index is -2.92. The number of aromatic nitrogens is 1. The average molecular weight is 360 g/mol. The van der Waals surface area contributed by atoms with Crippen molar-refractivity contribution in [2.75, 3.05) is 6.61 Å². The Morgan fingerprint density at radius 3 is 2.76 bits per heavy atom. The molecule has 0 atom stereocenters. The summed E-state index contributed by atoms with van der Waals surface area (Å²) in [4.78, 5) is 15.4. The summed E-state index contributed by atoms with van der Waals surface area (Å²) in [5.74, 6) is -1.57. The minimum Gasteiger partial charge on any atom is -0.460 e. The normalized spacial score (nSPS) is 11.0. The van der Waals surface area contributed by atoms with Crippen molar-refractivity contribution in [2.45, 2.75) is 20.3 Å². The molecule has 1 aromatic heterocycles. The van der Waals surface area contributed by atoms with Crippen LogP contribution in [-0.4, -0.2) is 17.6 Å². The lowest BCUT2D eigenvalue weighted by Crippen LogP contribution is -2.06. The van der Waals surface area contributed by atoms with Gasteiger partial charge in [0.2, 0.25) is 11.7 Å². The van der Waals surface area contributed by atoms with E-state index in [1.54, 1.807) is 25.1 Å². The van der Waals surface area contributed by atoms with Gasteiger partial charge in [-0.2, -0.15) is 0 Å². The van der Waals surface area contributed by atoms with Gasteiger partial charge in [-0.15, -0.1) is 0 Å². The lowest BCUT2D eigenvalue weighted by Gasteiger charge is -2.01. The molecule has 0 N–H and O–H groups in total. The summed E-state index contributed by atoms with van der Waals surface area (Å²) in [6.07, 6.45) is -2.92. The van der Waals surface area contributed by atoms with Crippen molar-refractivity contribution < 1.29 is 22.7 Å². The first kappa shape index (κ1) is 15.6. The highest BCUT2D eigenvalue weighted by molar-refractivity contribution is 9.10. The zero-order chi connectivity index (χ0) is 15.6. The van der Waals surface area contributed by atoms with Gasteiger partial charge in [-0.1, -0.05) is 6.07 Å². The molecule has 0 saturated carbocycles. The zero-order valence-electron chi connectivity index (χ0n) is 11.3. The lowest BCUT2D eigenvalue weighted by atomic mass is 10.1. The molecule has 0 amide bonds. The van der Waals surface area contributed by atoms with Gasteiger partial charge in [0.1, 0.15) is 0 Å². The molecule has 0 radical (unpaired) electrons. The SMILES string of the molecule is CCOC(=O)c1oc(-c2ccc(C)cc2Br)nc1C(F)F. The molecule has 1 aromatic carbocycles. The van der Waals surface area contributed by atoms with Crippen molar-refractivity contribution in [1.82, 2.24) is 4.98 Å². The number of carbonyl (C=O) groups excluding carboxylic acids is 1. The van der Waals surface area contributed by atoms with Gasteiger partial charge in [0.15, 0.2) is 5.69 Å². The molecule has 2 rings (SSSR count). The Morgan fingerprint density at radius 1 is 1.48 bits per heavy atom. The fourth-order valence-electron chi connectivity index (χ4n) is 1.73. The summed E-state index contributed by atoms with van der Waals surface area (Å²) < 4.78 is 36.5. The molecule has 21 heavy (non-hydrogen) atoms. The number of nitrogens with zero attached hydrogens (tertiary/aromatic N) is 1. The third kappa shape index (κ3) is 3.29. The zero-order valence-corrected chi connectivity index (χ0v) is 12.9. The fraction of sp³-hybridized carbons (Fsp3) is 0.286. The van der Waals surface area contributed by atoms with Crippen molar-refractivity contribution in [1.29, 1.82) is 0 Å². The van der Waals surface area contributed by atoms with Gasteiger partial charge < -0.3 is 9.15 Å². The number of esters is 1. The maximum atomic E-state index is 13.0. The largest absolute Gasteiger partial charge is 0.460 e. The average Bonchev–Trinajstić information content (AvgIpc) is 2.84. The first-order valence-electron chi connectivity index (χ1n) is 6.16. The molecule has 4 nitrogen and oxygen atoms in total. The van der Waals surface area contributed by atoms with Crippen molar-refractivity contribution in [3.8, 4) is 11.5 Å². The van der Waals surface area contributed by atoms with Crippen LogP contribution in [0.5, 0.6) is 0 Å². The van der Waals surface area contributed by atoms with E-state index in [4.69, 9.17) is 9.15 Å². The second-order valence-electron chi connectivity index (χ2n) is 4.24. The first-order valence-corrected chi connectivity index (χ1v) is 6.95. The van der Waals surface area contributed by atoms with Crippen LogP contribution < -0.4 is 0 Å². The number of hydrogen-bond acceptors (Lipinski definition) is 4. The van der Waals surface area contributed by atoms with Crippen molar-refractivity contribution >= 4 is 21.9 Å². The Morgan fingerprint density at radius 2 is 2.19 bits per heavy atom. The maximum Gasteiger partial charge on any atom is 0.376 e. The van der Waals surface area contributed by atoms with E-state index in [-0.39, 0.29) is 12.5 Å². The topological polar surface area (TPSA) is 52.3 Å². The molecule has 0 saturated heterocycles. The van der Waals surface area contributed by atoms with Gasteiger partial charge in [-0.25, -0.2) is 18.6 Å². The number of oxazole rings is 1. The second kappa shape index (κ2) is 6.34. The Balaban J connectivity index is 2.51. The first-order chi connectivity index (χ1) is 9.93. The van der Waals surface area contributed by atoms with Crippen LogP contribution in [0, 0.1) is 6.92 Å². The Bertz CT molecular complexity index is 670. The lowest BCUT2D eigenvalue weighted by molar-refractivity contribution is 0.0476. The molecule has 0 aliphatic rings. The Hall–Kier alpha value is -1.76. The summed E-state index contributed by atoms with van der Waals surface area (Å²) in [7, 11) is 0. The van der Waals surface area contributed by atoms with E-state index in [1.165, 1.54) is 0 Å². The molecule has 0 bridgehead atoms. The number of alkyl halides is 2. The van der Waals surface area contributed by atoms with E-state index >= 15 is 0 Å². The van der Waals surface area contributed by atoms with Crippen molar-refractivity contribution in [3.05, 3.63) is 39.7 Å². The summed E-state index contributed by atoms with van der Waals surface area (Å²) in [6.45, 7) is 3.53. The molecule has 0 spiro atoms. The number of benzene rings is 1. The summed E-state index contributed by atoms with van der Waals surface area (Å²) in [6, 6.07) is 5.26. The highest BCUT2D eigenvalue weighted by Gasteiger charge is 2.28. The van der Waals surface area contributed by atoms with Gasteiger partial charge in [-0.3, -0.25) is 0 Å². The number of hydrogen-bond donors (Lipinski definition) is 0. The van der Waals surface area contributed by atoms with E-state index < -0.39 is 23.8 Å². The summed E-state index contributed by atoms with van der Waals surface area (Å²) in [5, 5.41) is 0. The third-order valence-electron chi connectivity index (χ3n) is 2.68. The van der Waals surface area contributed by atoms with E-state index in [0.717, 1.165) is 5.56 Å². The standard InChI is InChI=1S/C14H12BrF2NO3/c1-3-20-14(19)11-10(12(16)17)18-13(21-11)8-5-4-7(2)6-9(8)15/h4-6,12H,3H2,1-2H3. The van der Waals surface area contributed by atoms with E-state index in [9.17, 15) is 13.6 Å². The second-order valence-corrected chi connectivity index (χ2v) is 5.09. The molecule has 7 heteroatoms. The van der Waals surface area contributed by atoms with Gasteiger partial charge in [0.25, 0.3) is 6.43 Å². The maximum absolute atomic E-state index is 13.0. The van der Waals surface area contributed by atoms with Crippen LogP contribution in [0.25, 0.3) is 11.5 Å². The third-order valence-corrected chi connectivity index (χ3v) is 3.33. The molecular weight excluding hydrogens is 348 g/mol. The molecule has 0 aliphatic heterocycles. The van der Waals surface area contributed by atoms with E-state index in [2.05, 4.69) is 20.9 Å². The highest BCUT2D eigenvalue weighted by Crippen LogP contribution is 2.33. The van der Waals surface area contributed by atoms with Crippen molar-refractivity contribution in [3.63, 3.8) is 0 Å². The van der Waals surface area contributed by atoms with Crippen LogP contribution in [0.4, 0.5) is 8.78 Å². The molecule has 0 aliphatic carbocycles. The number of halogens is 3. The van der Waals surface area contributed by atoms with Gasteiger partial charge in [0, 0.05) is 4.47 Å². The summed E-state index contributed by atoms with van der Waals surface area (Å²) >= 11 is 3.32. The van der Waals surface area contributed by atoms with Gasteiger partial charge in [-0.05, 0) is 47.5 Å². The quantitative estimate of drug-likeness (QED) is 0.752. The predicted molar refractivity (Wildman–Crippen MR) is 75.3 cm³/mol. The van der Waals surface area contributed by atoms with E-state index in [1.807, 2.05) is 6.92 Å². The Kier molecular flexibility index (Phi) is 4.72. The number of carbonyl (C=O) groups is 1. The fourth-order valence-corrected chi connectivity index (χ4v) is 2.39. The van der Waals surface area contributed by atoms with Crippen LogP contribution >= 0.6 is 15.9 Å². The van der Waals surface area contributed by atoms with Crippen LogP contribution in [-0.2, 0) is 4.74 Å². The van der Waals surface area contributed by atoms with Crippen LogP contribution in [0.15, 0.2) is 27.1 Å². The van der Waals surface area contributed by atoms with Crippen LogP contribution in [0.1, 0.15) is 35.2 Å². The van der Waals surface area contributed by atoms with Gasteiger partial charge >= 0.3 is 5.97 Å². The highest BCUT2D eigenvalue weighted by atomic mass is 79.9. The van der Waals surface area contributed by atoms with E-state index in [0.29, 0.717) is 10.0 Å². The molecule has 0 unspecified atom stereocenters. The molecule has 112 valence electrons. The molecule has 0 fully saturated rings. The van der Waals surface area contributed by atoms with Crippen molar-refractivity contribution in [2.24, 2.45) is 0 Å².